The van der Waals surface area contributed by atoms with E-state index in [0.29, 0.717) is 47.7 Å². The molecule has 10 nitrogen and oxygen atoms in total. The smallest absolute Gasteiger partial charge is 0.264 e. The van der Waals surface area contributed by atoms with E-state index in [0.717, 1.165) is 27.6 Å². The number of aliphatic hydroxyl groups excluding tert-OH is 1. The first-order valence-electron chi connectivity index (χ1n) is 18.5. The Morgan fingerprint density at radius 1 is 0.889 bits per heavy atom. The molecule has 0 radical (unpaired) electrons. The first kappa shape index (κ1) is 34.1. The van der Waals surface area contributed by atoms with E-state index in [2.05, 4.69) is 10.3 Å². The Balaban J connectivity index is 1.10. The Morgan fingerprint density at radius 2 is 1.61 bits per heavy atom. The highest BCUT2D eigenvalue weighted by Crippen LogP contribution is 2.59. The monoisotopic (exact) mass is 719 g/mol. The number of aryl methyl sites for hydroxylation is 1. The van der Waals surface area contributed by atoms with E-state index in [9.17, 15) is 15.0 Å². The summed E-state index contributed by atoms with van der Waals surface area (Å²) in [5.41, 5.74) is 2.93. The molecule has 272 valence electrons. The van der Waals surface area contributed by atoms with Gasteiger partial charge in [0, 0.05) is 35.0 Å². The number of aromatic nitrogens is 3. The minimum atomic E-state index is -1.44. The summed E-state index contributed by atoms with van der Waals surface area (Å²) in [5.74, 6) is -1.22. The summed E-state index contributed by atoms with van der Waals surface area (Å²) >= 11 is 0. The third-order valence-corrected chi connectivity index (χ3v) is 11.6. The quantitative estimate of drug-likeness (QED) is 0.164. The van der Waals surface area contributed by atoms with E-state index in [-0.39, 0.29) is 11.8 Å². The van der Waals surface area contributed by atoms with E-state index in [1.165, 1.54) is 0 Å². The maximum Gasteiger partial charge on any atom is 0.264 e. The third-order valence-electron chi connectivity index (χ3n) is 11.6. The van der Waals surface area contributed by atoms with Crippen LogP contribution in [-0.2, 0) is 28.2 Å². The molecule has 4 heterocycles. The summed E-state index contributed by atoms with van der Waals surface area (Å²) in [7, 11) is 0. The van der Waals surface area contributed by atoms with Crippen molar-refractivity contribution in [2.24, 2.45) is 11.8 Å². The fraction of sp³-hybridized carbons (Fsp3) is 0.273. The molecule has 0 bridgehead atoms. The number of nitrogens with zero attached hydrogens (tertiary/aromatic N) is 5. The van der Waals surface area contributed by atoms with Gasteiger partial charge < -0.3 is 19.8 Å². The molecule has 3 aliphatic heterocycles. The van der Waals surface area contributed by atoms with Crippen molar-refractivity contribution >= 4 is 39.6 Å². The molecule has 3 aliphatic rings. The number of rotatable bonds is 9. The van der Waals surface area contributed by atoms with Crippen molar-refractivity contribution in [3.05, 3.63) is 149 Å². The first-order valence-corrected chi connectivity index (χ1v) is 18.5. The zero-order chi connectivity index (χ0) is 37.4. The minimum absolute atomic E-state index is 0.126. The molecule has 10 heteroatoms. The molecule has 1 fully saturated rings. The average Bonchev–Trinajstić information content (AvgIpc) is 3.91. The van der Waals surface area contributed by atoms with Gasteiger partial charge in [0.2, 0.25) is 0 Å². The van der Waals surface area contributed by atoms with Crippen molar-refractivity contribution < 1.29 is 24.5 Å². The van der Waals surface area contributed by atoms with Crippen LogP contribution in [0, 0.1) is 11.8 Å². The number of hydrogen-bond acceptors (Lipinski definition) is 7. The van der Waals surface area contributed by atoms with Gasteiger partial charge in [-0.25, -0.2) is 0 Å². The lowest BCUT2D eigenvalue weighted by Crippen LogP contribution is -2.46. The number of aliphatic hydroxyl groups is 2. The molecule has 2 N–H and O–H groups in total. The summed E-state index contributed by atoms with van der Waals surface area (Å²) < 4.78 is 8.78. The van der Waals surface area contributed by atoms with Gasteiger partial charge in [0.25, 0.3) is 11.8 Å². The first-order chi connectivity index (χ1) is 26.1. The van der Waals surface area contributed by atoms with Gasteiger partial charge in [-0.2, -0.15) is 0 Å². The Labute approximate surface area is 313 Å². The Kier molecular flexibility index (Phi) is 8.04. The number of carbonyl (C=O) groups excluding carboxylic acids is 2. The maximum absolute atomic E-state index is 15.1. The van der Waals surface area contributed by atoms with Crippen LogP contribution in [0.4, 0.5) is 17.1 Å². The molecule has 9 rings (SSSR count). The van der Waals surface area contributed by atoms with E-state index in [4.69, 9.17) is 4.74 Å². The number of amides is 2. The predicted octanol–water partition coefficient (Wildman–Crippen LogP) is 7.06. The van der Waals surface area contributed by atoms with Gasteiger partial charge in [0.15, 0.2) is 5.60 Å². The fourth-order valence-electron chi connectivity index (χ4n) is 9.18. The summed E-state index contributed by atoms with van der Waals surface area (Å²) in [4.78, 5) is 32.7. The molecule has 0 aliphatic carbocycles. The second kappa shape index (κ2) is 12.7. The second-order valence-corrected chi connectivity index (χ2v) is 15.3. The molecular formula is C44H41N5O5. The van der Waals surface area contributed by atoms with E-state index >= 15 is 4.79 Å². The van der Waals surface area contributed by atoms with Crippen molar-refractivity contribution in [3.63, 3.8) is 0 Å². The van der Waals surface area contributed by atoms with Crippen LogP contribution in [-0.4, -0.2) is 48.7 Å². The molecule has 1 aromatic heterocycles. The number of hydrogen-bond donors (Lipinski definition) is 2. The van der Waals surface area contributed by atoms with Crippen LogP contribution in [0.25, 0.3) is 10.8 Å². The van der Waals surface area contributed by atoms with Gasteiger partial charge in [-0.1, -0.05) is 97.1 Å². The van der Waals surface area contributed by atoms with Crippen molar-refractivity contribution in [1.29, 1.82) is 0 Å². The van der Waals surface area contributed by atoms with Crippen LogP contribution in [0.5, 0.6) is 0 Å². The molecule has 1 spiro atoms. The lowest BCUT2D eigenvalue weighted by atomic mass is 9.70. The number of anilines is 3. The summed E-state index contributed by atoms with van der Waals surface area (Å²) in [6.07, 6.45) is 0.680. The SMILES string of the molecule is C[C@@H]1[C@@H](C(C)(C)O)[C@H](CCn2cc([C@H](O)c3ccccc3)nn2)O[C@@]12C(=O)N(Cc1ccccc1)c1ccc(N3C(=O)c4cccc5cccc3c45)cc12. The predicted molar refractivity (Wildman–Crippen MR) is 205 cm³/mol. The Hall–Kier alpha value is -5.68. The molecule has 2 amide bonds. The van der Waals surface area contributed by atoms with Crippen molar-refractivity contribution in [2.75, 3.05) is 9.80 Å². The van der Waals surface area contributed by atoms with Gasteiger partial charge in [0.05, 0.1) is 41.4 Å². The van der Waals surface area contributed by atoms with Gasteiger partial charge in [0.1, 0.15) is 11.8 Å². The highest BCUT2D eigenvalue weighted by Gasteiger charge is 2.65. The molecule has 1 saturated heterocycles. The molecule has 5 aromatic carbocycles. The van der Waals surface area contributed by atoms with Crippen LogP contribution < -0.4 is 9.80 Å². The van der Waals surface area contributed by atoms with E-state index < -0.39 is 35.2 Å². The number of benzene rings is 5. The van der Waals surface area contributed by atoms with Crippen LogP contribution in [0.15, 0.2) is 121 Å². The van der Waals surface area contributed by atoms with Crippen molar-refractivity contribution in [3.8, 4) is 0 Å². The fourth-order valence-corrected chi connectivity index (χ4v) is 9.18. The Morgan fingerprint density at radius 3 is 2.35 bits per heavy atom. The standard InChI is InChI=1S/C44H41N5O5/c1-27-39(43(2,3)53)37(22-23-47-26-34(45-46-47)40(50)30-14-8-5-9-15-30)54-44(27)33-24-31(20-21-35(33)48(42(44)52)25-28-12-6-4-7-13-28)49-36-19-11-17-29-16-10-18-32(38(29)36)41(49)51/h4-21,24,26-27,37,39-40,50,53H,22-23,25H2,1-3H3/t27-,37+,39-,40-,44+/m1/s1. The van der Waals surface area contributed by atoms with Crippen LogP contribution in [0.3, 0.4) is 0 Å². The molecule has 0 saturated carbocycles. The van der Waals surface area contributed by atoms with Gasteiger partial charge in [-0.05, 0) is 67.1 Å². The largest absolute Gasteiger partial charge is 0.390 e. The normalized spacial score (nSPS) is 22.5. The number of ether oxygens (including phenoxy) is 1. The lowest BCUT2D eigenvalue weighted by Gasteiger charge is -2.34. The number of fused-ring (bicyclic) bond motifs is 2. The highest BCUT2D eigenvalue weighted by molar-refractivity contribution is 6.28. The average molecular weight is 720 g/mol. The topological polar surface area (TPSA) is 121 Å². The second-order valence-electron chi connectivity index (χ2n) is 15.3. The summed E-state index contributed by atoms with van der Waals surface area (Å²) in [5, 5.41) is 33.1. The van der Waals surface area contributed by atoms with Crippen molar-refractivity contribution in [2.45, 2.75) is 63.7 Å². The van der Waals surface area contributed by atoms with E-state index in [1.54, 1.807) is 34.5 Å². The molecule has 0 unspecified atom stereocenters. The highest BCUT2D eigenvalue weighted by atomic mass is 16.5. The minimum Gasteiger partial charge on any atom is -0.390 e. The molecular weight excluding hydrogens is 679 g/mol. The molecule has 5 atom stereocenters. The zero-order valence-electron chi connectivity index (χ0n) is 30.3. The van der Waals surface area contributed by atoms with Crippen LogP contribution in [0.2, 0.25) is 0 Å². The van der Waals surface area contributed by atoms with Crippen molar-refractivity contribution in [1.82, 2.24) is 15.0 Å². The maximum atomic E-state index is 15.1. The lowest BCUT2D eigenvalue weighted by molar-refractivity contribution is -0.146. The molecule has 54 heavy (non-hydrogen) atoms. The summed E-state index contributed by atoms with van der Waals surface area (Å²) in [6, 6.07) is 36.6. The Bertz CT molecular complexity index is 2400. The van der Waals surface area contributed by atoms with Gasteiger partial charge >= 0.3 is 0 Å². The molecule has 6 aromatic rings. The summed E-state index contributed by atoms with van der Waals surface area (Å²) in [6.45, 7) is 6.25. The third kappa shape index (κ3) is 5.27. The van der Waals surface area contributed by atoms with Gasteiger partial charge in [-0.3, -0.25) is 19.2 Å². The van der Waals surface area contributed by atoms with E-state index in [1.807, 2.05) is 122 Å². The van der Waals surface area contributed by atoms with Crippen LogP contribution >= 0.6 is 0 Å². The number of carbonyl (C=O) groups is 2. The van der Waals surface area contributed by atoms with Gasteiger partial charge in [-0.15, -0.1) is 5.10 Å². The van der Waals surface area contributed by atoms with Crippen LogP contribution in [0.1, 0.15) is 66.0 Å². The zero-order valence-corrected chi connectivity index (χ0v) is 30.3.